The number of ether oxygens (including phenoxy) is 1. The lowest BCUT2D eigenvalue weighted by atomic mass is 10.2. The maximum Gasteiger partial charge on any atom is 0.139 e. The molecular weight excluding hydrogens is 287 g/mol. The normalized spacial score (nSPS) is 10.5. The molecule has 0 unspecified atom stereocenters. The van der Waals surface area contributed by atoms with Gasteiger partial charge in [0.05, 0.1) is 22.5 Å². The van der Waals surface area contributed by atoms with Crippen molar-refractivity contribution in [2.24, 2.45) is 0 Å². The van der Waals surface area contributed by atoms with E-state index in [4.69, 9.17) is 10.5 Å². The van der Waals surface area contributed by atoms with Gasteiger partial charge in [-0.25, -0.2) is 4.39 Å². The highest BCUT2D eigenvalue weighted by molar-refractivity contribution is 9.10. The summed E-state index contributed by atoms with van der Waals surface area (Å²) in [5, 5.41) is 3.11. The van der Waals surface area contributed by atoms with Crippen molar-refractivity contribution in [3.05, 3.63) is 22.4 Å². The summed E-state index contributed by atoms with van der Waals surface area (Å²) in [5.41, 5.74) is 6.81. The molecule has 3 N–H and O–H groups in total. The Hall–Kier alpha value is -0.810. The minimum atomic E-state index is -0.354. The number of rotatable bonds is 7. The van der Waals surface area contributed by atoms with Crippen LogP contribution < -0.4 is 11.1 Å². The van der Waals surface area contributed by atoms with Gasteiger partial charge in [0.1, 0.15) is 5.82 Å². The first-order chi connectivity index (χ1) is 8.15. The third-order valence-electron chi connectivity index (χ3n) is 2.30. The van der Waals surface area contributed by atoms with E-state index in [2.05, 4.69) is 28.2 Å². The molecule has 0 radical (unpaired) electrons. The number of hydrogen-bond donors (Lipinski definition) is 2. The van der Waals surface area contributed by atoms with Crippen LogP contribution in [-0.2, 0) is 4.74 Å². The Balaban J connectivity index is 2.34. The van der Waals surface area contributed by atoms with Crippen LogP contribution in [0.25, 0.3) is 0 Å². The molecule has 0 heterocycles. The summed E-state index contributed by atoms with van der Waals surface area (Å²) < 4.78 is 18.9. The molecule has 0 saturated heterocycles. The Morgan fingerprint density at radius 1 is 1.41 bits per heavy atom. The highest BCUT2D eigenvalue weighted by atomic mass is 79.9. The first kappa shape index (κ1) is 14.3. The lowest BCUT2D eigenvalue weighted by Gasteiger charge is -2.10. The number of nitrogen functional groups attached to an aromatic ring is 1. The SMILES string of the molecule is CCCCOCCNc1cc(Br)c(F)cc1N. The van der Waals surface area contributed by atoms with Gasteiger partial charge in [0, 0.05) is 19.2 Å². The van der Waals surface area contributed by atoms with Crippen LogP contribution in [0.2, 0.25) is 0 Å². The molecule has 1 aromatic carbocycles. The molecule has 0 atom stereocenters. The van der Waals surface area contributed by atoms with Crippen LogP contribution in [-0.4, -0.2) is 19.8 Å². The van der Waals surface area contributed by atoms with Gasteiger partial charge in [-0.1, -0.05) is 13.3 Å². The van der Waals surface area contributed by atoms with Crippen molar-refractivity contribution in [3.8, 4) is 0 Å². The number of unbranched alkanes of at least 4 members (excludes halogenated alkanes) is 1. The van der Waals surface area contributed by atoms with Crippen molar-refractivity contribution in [1.82, 2.24) is 0 Å². The van der Waals surface area contributed by atoms with E-state index in [1.165, 1.54) is 6.07 Å². The molecule has 0 aliphatic heterocycles. The van der Waals surface area contributed by atoms with E-state index in [1.54, 1.807) is 6.07 Å². The Kier molecular flexibility index (Phi) is 6.29. The fourth-order valence-electron chi connectivity index (χ4n) is 1.32. The minimum absolute atomic E-state index is 0.354. The fraction of sp³-hybridized carbons (Fsp3) is 0.500. The van der Waals surface area contributed by atoms with Crippen molar-refractivity contribution in [2.75, 3.05) is 30.8 Å². The third kappa shape index (κ3) is 4.91. The minimum Gasteiger partial charge on any atom is -0.397 e. The smallest absolute Gasteiger partial charge is 0.139 e. The molecular formula is C12H18BrFN2O. The second-order valence-electron chi connectivity index (χ2n) is 3.75. The maximum atomic E-state index is 13.1. The lowest BCUT2D eigenvalue weighted by molar-refractivity contribution is 0.141. The fourth-order valence-corrected chi connectivity index (χ4v) is 1.67. The van der Waals surface area contributed by atoms with Crippen LogP contribution in [0.3, 0.4) is 0 Å². The van der Waals surface area contributed by atoms with Gasteiger partial charge < -0.3 is 15.8 Å². The number of nitrogens with two attached hydrogens (primary N) is 1. The van der Waals surface area contributed by atoms with Crippen molar-refractivity contribution in [3.63, 3.8) is 0 Å². The molecule has 1 rings (SSSR count). The van der Waals surface area contributed by atoms with Gasteiger partial charge in [0.2, 0.25) is 0 Å². The predicted octanol–water partition coefficient (Wildman–Crippen LogP) is 3.40. The van der Waals surface area contributed by atoms with Gasteiger partial charge in [-0.15, -0.1) is 0 Å². The zero-order valence-corrected chi connectivity index (χ0v) is 11.5. The van der Waals surface area contributed by atoms with E-state index in [-0.39, 0.29) is 5.82 Å². The molecule has 0 saturated carbocycles. The Labute approximate surface area is 110 Å². The van der Waals surface area contributed by atoms with E-state index < -0.39 is 0 Å². The standard InChI is InChI=1S/C12H18BrFN2O/c1-2-3-5-17-6-4-16-12-7-9(13)10(14)8-11(12)15/h7-8,16H,2-6,15H2,1H3. The molecule has 0 aliphatic rings. The third-order valence-corrected chi connectivity index (χ3v) is 2.90. The van der Waals surface area contributed by atoms with Crippen molar-refractivity contribution < 1.29 is 9.13 Å². The van der Waals surface area contributed by atoms with E-state index >= 15 is 0 Å². The molecule has 0 aromatic heterocycles. The highest BCUT2D eigenvalue weighted by Gasteiger charge is 2.05. The summed E-state index contributed by atoms with van der Waals surface area (Å²) in [6, 6.07) is 2.93. The number of nitrogens with one attached hydrogen (secondary N) is 1. The van der Waals surface area contributed by atoms with Crippen molar-refractivity contribution in [1.29, 1.82) is 0 Å². The Morgan fingerprint density at radius 3 is 2.88 bits per heavy atom. The van der Waals surface area contributed by atoms with Crippen LogP contribution in [0.1, 0.15) is 19.8 Å². The van der Waals surface area contributed by atoms with Crippen molar-refractivity contribution in [2.45, 2.75) is 19.8 Å². The number of hydrogen-bond acceptors (Lipinski definition) is 3. The van der Waals surface area contributed by atoms with Crippen molar-refractivity contribution >= 4 is 27.3 Å². The lowest BCUT2D eigenvalue weighted by Crippen LogP contribution is -2.11. The Morgan fingerprint density at radius 2 is 2.18 bits per heavy atom. The van der Waals surface area contributed by atoms with E-state index in [1.807, 2.05) is 0 Å². The van der Waals surface area contributed by atoms with Crippen LogP contribution >= 0.6 is 15.9 Å². The molecule has 0 aliphatic carbocycles. The van der Waals surface area contributed by atoms with Gasteiger partial charge in [0.25, 0.3) is 0 Å². The zero-order valence-electron chi connectivity index (χ0n) is 9.93. The van der Waals surface area contributed by atoms with E-state index in [0.29, 0.717) is 23.3 Å². The van der Waals surface area contributed by atoms with Gasteiger partial charge in [-0.3, -0.25) is 0 Å². The molecule has 96 valence electrons. The van der Waals surface area contributed by atoms with Gasteiger partial charge in [0.15, 0.2) is 0 Å². The monoisotopic (exact) mass is 304 g/mol. The number of anilines is 2. The average Bonchev–Trinajstić information content (AvgIpc) is 2.30. The van der Waals surface area contributed by atoms with Gasteiger partial charge in [-0.05, 0) is 28.4 Å². The summed E-state index contributed by atoms with van der Waals surface area (Å²) in [6.07, 6.45) is 2.20. The second-order valence-corrected chi connectivity index (χ2v) is 4.60. The van der Waals surface area contributed by atoms with E-state index in [0.717, 1.165) is 25.1 Å². The largest absolute Gasteiger partial charge is 0.397 e. The predicted molar refractivity (Wildman–Crippen MR) is 72.7 cm³/mol. The Bertz CT molecular complexity index is 361. The second kappa shape index (κ2) is 7.50. The molecule has 5 heteroatoms. The quantitative estimate of drug-likeness (QED) is 0.599. The molecule has 0 fully saturated rings. The molecule has 17 heavy (non-hydrogen) atoms. The number of halogens is 2. The summed E-state index contributed by atoms with van der Waals surface area (Å²) in [4.78, 5) is 0. The molecule has 0 spiro atoms. The number of benzene rings is 1. The summed E-state index contributed by atoms with van der Waals surface area (Å²) >= 11 is 3.12. The summed E-state index contributed by atoms with van der Waals surface area (Å²) in [6.45, 7) is 4.18. The van der Waals surface area contributed by atoms with Gasteiger partial charge in [-0.2, -0.15) is 0 Å². The van der Waals surface area contributed by atoms with Crippen LogP contribution in [0.4, 0.5) is 15.8 Å². The zero-order chi connectivity index (χ0) is 12.7. The van der Waals surface area contributed by atoms with Gasteiger partial charge >= 0.3 is 0 Å². The molecule has 1 aromatic rings. The highest BCUT2D eigenvalue weighted by Crippen LogP contribution is 2.26. The first-order valence-corrected chi connectivity index (χ1v) is 6.50. The van der Waals surface area contributed by atoms with Crippen LogP contribution in [0.5, 0.6) is 0 Å². The topological polar surface area (TPSA) is 47.3 Å². The molecule has 3 nitrogen and oxygen atoms in total. The maximum absolute atomic E-state index is 13.1. The van der Waals surface area contributed by atoms with Crippen LogP contribution in [0, 0.1) is 5.82 Å². The molecule has 0 amide bonds. The average molecular weight is 305 g/mol. The first-order valence-electron chi connectivity index (χ1n) is 5.71. The van der Waals surface area contributed by atoms with Crippen LogP contribution in [0.15, 0.2) is 16.6 Å². The summed E-state index contributed by atoms with van der Waals surface area (Å²) in [7, 11) is 0. The summed E-state index contributed by atoms with van der Waals surface area (Å²) in [5.74, 6) is -0.354. The molecule has 0 bridgehead atoms. The van der Waals surface area contributed by atoms with E-state index in [9.17, 15) is 4.39 Å².